The molecule has 1 aromatic heterocycles. The number of carbonyl (C=O) groups excluding carboxylic acids is 1. The Morgan fingerprint density at radius 3 is 3.10 bits per heavy atom. The van der Waals surface area contributed by atoms with Gasteiger partial charge in [-0.15, -0.1) is 11.3 Å². The zero-order valence-electron chi connectivity index (χ0n) is 11.1. The average Bonchev–Trinajstić information content (AvgIpc) is 3.04. The summed E-state index contributed by atoms with van der Waals surface area (Å²) in [7, 11) is 0. The van der Waals surface area contributed by atoms with E-state index in [0.29, 0.717) is 13.0 Å². The summed E-state index contributed by atoms with van der Waals surface area (Å²) in [5.74, 6) is -0.105. The summed E-state index contributed by atoms with van der Waals surface area (Å²) < 4.78 is 1.18. The highest BCUT2D eigenvalue weighted by Crippen LogP contribution is 2.21. The van der Waals surface area contributed by atoms with E-state index in [4.69, 9.17) is 4.84 Å². The van der Waals surface area contributed by atoms with Gasteiger partial charge in [-0.3, -0.25) is 4.79 Å². The number of fused-ring (bicyclic) bond motifs is 1. The van der Waals surface area contributed by atoms with E-state index in [0.717, 1.165) is 22.7 Å². The number of rotatable bonds is 4. The second-order valence-corrected chi connectivity index (χ2v) is 5.86. The molecule has 1 aliphatic rings. The summed E-state index contributed by atoms with van der Waals surface area (Å²) >= 11 is 1.67. The predicted octanol–water partition coefficient (Wildman–Crippen LogP) is 2.12. The van der Waals surface area contributed by atoms with Crippen molar-refractivity contribution in [1.82, 2.24) is 10.3 Å². The molecule has 2 heterocycles. The van der Waals surface area contributed by atoms with Crippen LogP contribution in [0, 0.1) is 0 Å². The highest BCUT2D eigenvalue weighted by Gasteiger charge is 2.25. The lowest BCUT2D eigenvalue weighted by molar-refractivity contribution is -0.131. The lowest BCUT2D eigenvalue weighted by Crippen LogP contribution is -2.35. The van der Waals surface area contributed by atoms with E-state index in [1.54, 1.807) is 11.3 Å². The van der Waals surface area contributed by atoms with E-state index in [1.165, 1.54) is 4.70 Å². The number of amides is 1. The van der Waals surface area contributed by atoms with Crippen molar-refractivity contribution in [3.8, 4) is 0 Å². The van der Waals surface area contributed by atoms with E-state index in [2.05, 4.69) is 21.5 Å². The number of nitrogens with one attached hydrogen (secondary N) is 1. The molecule has 0 radical (unpaired) electrons. The Morgan fingerprint density at radius 1 is 1.50 bits per heavy atom. The number of thiazole rings is 1. The third kappa shape index (κ3) is 2.80. The monoisotopic (exact) mass is 289 g/mol. The number of benzene rings is 1. The molecule has 0 aliphatic carbocycles. The van der Waals surface area contributed by atoms with Crippen LogP contribution in [-0.4, -0.2) is 29.3 Å². The first-order valence-corrected chi connectivity index (χ1v) is 7.35. The van der Waals surface area contributed by atoms with Gasteiger partial charge in [0.15, 0.2) is 0 Å². The number of carbonyl (C=O) groups is 1. The van der Waals surface area contributed by atoms with Crippen LogP contribution in [0.15, 0.2) is 29.4 Å². The van der Waals surface area contributed by atoms with Crippen LogP contribution in [0.3, 0.4) is 0 Å². The van der Waals surface area contributed by atoms with Crippen LogP contribution in [0.25, 0.3) is 10.2 Å². The van der Waals surface area contributed by atoms with E-state index < -0.39 is 6.10 Å². The Bertz CT molecular complexity index is 632. The smallest absolute Gasteiger partial charge is 0.264 e. The minimum atomic E-state index is -0.467. The van der Waals surface area contributed by atoms with Gasteiger partial charge in [0.2, 0.25) is 6.10 Å². The molecule has 1 unspecified atom stereocenters. The summed E-state index contributed by atoms with van der Waals surface area (Å²) in [5, 5.41) is 7.68. The summed E-state index contributed by atoms with van der Waals surface area (Å²) in [6, 6.07) is 8.04. The van der Waals surface area contributed by atoms with Crippen LogP contribution in [0.2, 0.25) is 0 Å². The minimum absolute atomic E-state index is 0.105. The van der Waals surface area contributed by atoms with Crippen molar-refractivity contribution < 1.29 is 9.63 Å². The first kappa shape index (κ1) is 13.1. The van der Waals surface area contributed by atoms with Gasteiger partial charge in [0, 0.05) is 19.4 Å². The molecule has 1 aromatic carbocycles. The molecule has 1 aliphatic heterocycles. The Morgan fingerprint density at radius 2 is 2.35 bits per heavy atom. The van der Waals surface area contributed by atoms with Crippen LogP contribution < -0.4 is 5.32 Å². The number of nitrogens with zero attached hydrogens (tertiary/aromatic N) is 2. The summed E-state index contributed by atoms with van der Waals surface area (Å²) in [4.78, 5) is 21.4. The van der Waals surface area contributed by atoms with Crippen molar-refractivity contribution in [1.29, 1.82) is 0 Å². The maximum Gasteiger partial charge on any atom is 0.264 e. The molecule has 1 amide bonds. The maximum atomic E-state index is 11.8. The Balaban J connectivity index is 1.51. The summed E-state index contributed by atoms with van der Waals surface area (Å²) in [6.07, 6.45) is 0.843. The molecule has 0 spiro atoms. The Kier molecular flexibility index (Phi) is 3.64. The zero-order chi connectivity index (χ0) is 13.9. The van der Waals surface area contributed by atoms with Crippen molar-refractivity contribution >= 4 is 33.2 Å². The molecule has 3 rings (SSSR count). The first-order valence-electron chi connectivity index (χ1n) is 6.54. The molecular formula is C14H15N3O2S. The average molecular weight is 289 g/mol. The van der Waals surface area contributed by atoms with E-state index in [-0.39, 0.29) is 5.91 Å². The molecule has 2 aromatic rings. The first-order chi connectivity index (χ1) is 9.72. The molecule has 20 heavy (non-hydrogen) atoms. The van der Waals surface area contributed by atoms with Gasteiger partial charge in [0.05, 0.1) is 20.9 Å². The quantitative estimate of drug-likeness (QED) is 0.937. The largest absolute Gasteiger partial charge is 0.382 e. The van der Waals surface area contributed by atoms with Crippen molar-refractivity contribution in [2.75, 3.05) is 6.54 Å². The van der Waals surface area contributed by atoms with E-state index in [1.807, 2.05) is 25.1 Å². The molecule has 6 heteroatoms. The topological polar surface area (TPSA) is 63.6 Å². The SMILES string of the molecule is CC1=NOC(C(=O)NCCc2nc3ccccc3s2)C1. The lowest BCUT2D eigenvalue weighted by atomic mass is 10.2. The fourth-order valence-corrected chi connectivity index (χ4v) is 3.04. The van der Waals surface area contributed by atoms with Gasteiger partial charge in [-0.2, -0.15) is 0 Å². The third-order valence-corrected chi connectivity index (χ3v) is 4.18. The van der Waals surface area contributed by atoms with Gasteiger partial charge in [0.1, 0.15) is 0 Å². The van der Waals surface area contributed by atoms with Crippen LogP contribution in [0.4, 0.5) is 0 Å². The number of hydrogen-bond donors (Lipinski definition) is 1. The van der Waals surface area contributed by atoms with Crippen molar-refractivity contribution in [2.45, 2.75) is 25.9 Å². The number of oxime groups is 1. The maximum absolute atomic E-state index is 11.8. The summed E-state index contributed by atoms with van der Waals surface area (Å²) in [6.45, 7) is 2.42. The Labute approximate surface area is 120 Å². The summed E-state index contributed by atoms with van der Waals surface area (Å²) in [5.41, 5.74) is 1.87. The molecule has 0 fully saturated rings. The molecule has 0 saturated carbocycles. The normalized spacial score (nSPS) is 17.9. The highest BCUT2D eigenvalue weighted by atomic mass is 32.1. The number of para-hydroxylation sites is 1. The van der Waals surface area contributed by atoms with Gasteiger partial charge >= 0.3 is 0 Å². The zero-order valence-corrected chi connectivity index (χ0v) is 11.9. The molecule has 104 valence electrons. The molecule has 5 nitrogen and oxygen atoms in total. The van der Waals surface area contributed by atoms with Crippen LogP contribution in [0.1, 0.15) is 18.4 Å². The Hall–Kier alpha value is -1.95. The third-order valence-electron chi connectivity index (χ3n) is 3.09. The standard InChI is InChI=1S/C14H15N3O2S/c1-9-8-11(19-17-9)14(18)15-7-6-13-16-10-4-2-3-5-12(10)20-13/h2-5,11H,6-8H2,1H3,(H,15,18). The van der Waals surface area contributed by atoms with E-state index in [9.17, 15) is 4.79 Å². The van der Waals surface area contributed by atoms with Crippen LogP contribution in [-0.2, 0) is 16.1 Å². The van der Waals surface area contributed by atoms with Gasteiger partial charge < -0.3 is 10.2 Å². The number of hydrogen-bond acceptors (Lipinski definition) is 5. The molecule has 0 saturated heterocycles. The second kappa shape index (κ2) is 5.58. The van der Waals surface area contributed by atoms with Gasteiger partial charge in [0.25, 0.3) is 5.91 Å². The molecular weight excluding hydrogens is 274 g/mol. The fourth-order valence-electron chi connectivity index (χ4n) is 2.07. The van der Waals surface area contributed by atoms with Crippen LogP contribution >= 0.6 is 11.3 Å². The van der Waals surface area contributed by atoms with E-state index >= 15 is 0 Å². The predicted molar refractivity (Wildman–Crippen MR) is 78.9 cm³/mol. The molecule has 1 atom stereocenters. The minimum Gasteiger partial charge on any atom is -0.382 e. The molecule has 1 N–H and O–H groups in total. The second-order valence-electron chi connectivity index (χ2n) is 4.74. The van der Waals surface area contributed by atoms with Crippen LogP contribution in [0.5, 0.6) is 0 Å². The fraction of sp³-hybridized carbons (Fsp3) is 0.357. The molecule has 0 bridgehead atoms. The van der Waals surface area contributed by atoms with Crippen molar-refractivity contribution in [3.63, 3.8) is 0 Å². The lowest BCUT2D eigenvalue weighted by Gasteiger charge is -2.08. The van der Waals surface area contributed by atoms with Gasteiger partial charge in [-0.1, -0.05) is 17.3 Å². The van der Waals surface area contributed by atoms with Crippen molar-refractivity contribution in [2.24, 2.45) is 5.16 Å². The van der Waals surface area contributed by atoms with Gasteiger partial charge in [-0.25, -0.2) is 4.98 Å². The van der Waals surface area contributed by atoms with Crippen molar-refractivity contribution in [3.05, 3.63) is 29.3 Å². The highest BCUT2D eigenvalue weighted by molar-refractivity contribution is 7.18. The van der Waals surface area contributed by atoms with Gasteiger partial charge in [-0.05, 0) is 19.1 Å². The number of aromatic nitrogens is 1.